The van der Waals surface area contributed by atoms with E-state index >= 15 is 0 Å². The number of amides is 1. The van der Waals surface area contributed by atoms with Crippen LogP contribution in [0.15, 0.2) is 15.9 Å². The average Bonchev–Trinajstić information content (AvgIpc) is 2.68. The second-order valence-electron chi connectivity index (χ2n) is 4.24. The summed E-state index contributed by atoms with van der Waals surface area (Å²) in [5, 5.41) is 10.7. The molecule has 0 aliphatic rings. The smallest absolute Gasteiger partial charge is 0.323 e. The van der Waals surface area contributed by atoms with Crippen LogP contribution in [0.5, 0.6) is 0 Å². The lowest BCUT2D eigenvalue weighted by molar-refractivity contribution is -0.145. The van der Waals surface area contributed by atoms with E-state index in [1.54, 1.807) is 11.3 Å². The second-order valence-corrected chi connectivity index (χ2v) is 6.15. The van der Waals surface area contributed by atoms with Gasteiger partial charge < -0.3 is 10.0 Å². The number of thiophene rings is 1. The summed E-state index contributed by atoms with van der Waals surface area (Å²) in [5.74, 6) is -1.09. The fourth-order valence-electron chi connectivity index (χ4n) is 1.56. The highest BCUT2D eigenvalue weighted by molar-refractivity contribution is 9.10. The van der Waals surface area contributed by atoms with Gasteiger partial charge >= 0.3 is 5.97 Å². The van der Waals surface area contributed by atoms with Gasteiger partial charge in [-0.25, -0.2) is 0 Å². The molecule has 1 rings (SSSR count). The third-order valence-corrected chi connectivity index (χ3v) is 4.21. The minimum absolute atomic E-state index is 0.0938. The van der Waals surface area contributed by atoms with Crippen molar-refractivity contribution in [2.75, 3.05) is 6.54 Å². The van der Waals surface area contributed by atoms with Crippen LogP contribution in [0.4, 0.5) is 0 Å². The Kier molecular flexibility index (Phi) is 5.81. The van der Waals surface area contributed by atoms with Crippen LogP contribution in [0.2, 0.25) is 0 Å². The number of nitrogens with zero attached hydrogens (tertiary/aromatic N) is 1. The first-order valence-electron chi connectivity index (χ1n) is 5.64. The molecular formula is C12H16BrNO3S. The molecule has 18 heavy (non-hydrogen) atoms. The first-order valence-corrected chi connectivity index (χ1v) is 7.31. The van der Waals surface area contributed by atoms with E-state index in [9.17, 15) is 9.59 Å². The summed E-state index contributed by atoms with van der Waals surface area (Å²) < 4.78 is 1.02. The van der Waals surface area contributed by atoms with Crippen molar-refractivity contribution in [3.05, 3.63) is 20.8 Å². The predicted molar refractivity (Wildman–Crippen MR) is 74.8 cm³/mol. The molecule has 0 aliphatic carbocycles. The number of aliphatic carboxylic acids is 1. The van der Waals surface area contributed by atoms with Crippen molar-refractivity contribution in [2.24, 2.45) is 0 Å². The van der Waals surface area contributed by atoms with Gasteiger partial charge in [-0.15, -0.1) is 11.3 Å². The summed E-state index contributed by atoms with van der Waals surface area (Å²) in [6.07, 6.45) is 0.996. The van der Waals surface area contributed by atoms with Crippen molar-refractivity contribution in [3.63, 3.8) is 0 Å². The molecule has 0 atom stereocenters. The zero-order valence-corrected chi connectivity index (χ0v) is 12.8. The summed E-state index contributed by atoms with van der Waals surface area (Å²) in [6, 6.07) is 1.89. The number of carbonyl (C=O) groups is 2. The molecule has 0 aliphatic heterocycles. The van der Waals surface area contributed by atoms with Gasteiger partial charge in [0, 0.05) is 27.2 Å². The number of carbonyl (C=O) groups excluding carboxylic acids is 1. The quantitative estimate of drug-likeness (QED) is 0.870. The minimum atomic E-state index is -0.976. The molecule has 0 aromatic carbocycles. The van der Waals surface area contributed by atoms with Crippen LogP contribution in [0, 0.1) is 0 Å². The van der Waals surface area contributed by atoms with Crippen LogP contribution in [0.25, 0.3) is 0 Å². The molecule has 0 spiro atoms. The molecule has 4 nitrogen and oxygen atoms in total. The predicted octanol–water partition coefficient (Wildman–Crippen LogP) is 2.76. The van der Waals surface area contributed by atoms with Gasteiger partial charge in [0.25, 0.3) is 0 Å². The number of halogens is 1. The molecule has 1 heterocycles. The lowest BCUT2D eigenvalue weighted by Gasteiger charge is -2.24. The van der Waals surface area contributed by atoms with Gasteiger partial charge in [-0.1, -0.05) is 0 Å². The van der Waals surface area contributed by atoms with Crippen molar-refractivity contribution >= 4 is 39.1 Å². The van der Waals surface area contributed by atoms with Crippen LogP contribution in [-0.2, 0) is 16.0 Å². The molecule has 1 aromatic heterocycles. The molecule has 6 heteroatoms. The van der Waals surface area contributed by atoms with E-state index in [1.165, 1.54) is 4.90 Å². The number of hydrogen-bond donors (Lipinski definition) is 1. The summed E-state index contributed by atoms with van der Waals surface area (Å²) >= 11 is 4.95. The molecule has 0 unspecified atom stereocenters. The van der Waals surface area contributed by atoms with E-state index in [4.69, 9.17) is 5.11 Å². The van der Waals surface area contributed by atoms with Gasteiger partial charge in [0.2, 0.25) is 5.91 Å². The van der Waals surface area contributed by atoms with Crippen molar-refractivity contribution in [1.82, 2.24) is 4.90 Å². The highest BCUT2D eigenvalue weighted by Gasteiger charge is 2.19. The molecule has 1 N–H and O–H groups in total. The number of carboxylic acids is 1. The van der Waals surface area contributed by atoms with E-state index in [0.717, 1.165) is 9.35 Å². The Balaban J connectivity index is 2.53. The van der Waals surface area contributed by atoms with Crippen molar-refractivity contribution in [2.45, 2.75) is 32.7 Å². The monoisotopic (exact) mass is 333 g/mol. The van der Waals surface area contributed by atoms with Crippen LogP contribution < -0.4 is 0 Å². The molecule has 100 valence electrons. The summed E-state index contributed by atoms with van der Waals surface area (Å²) in [6.45, 7) is 3.41. The van der Waals surface area contributed by atoms with Gasteiger partial charge in [-0.3, -0.25) is 9.59 Å². The SMILES string of the molecule is CC(C)N(CC(=O)O)C(=O)CCc1cc(Br)cs1. The largest absolute Gasteiger partial charge is 0.480 e. The Labute approximate surface area is 119 Å². The minimum Gasteiger partial charge on any atom is -0.480 e. The Morgan fingerprint density at radius 2 is 2.17 bits per heavy atom. The maximum Gasteiger partial charge on any atom is 0.323 e. The first kappa shape index (κ1) is 15.2. The van der Waals surface area contributed by atoms with Crippen molar-refractivity contribution in [1.29, 1.82) is 0 Å². The molecule has 1 amide bonds. The van der Waals surface area contributed by atoms with Gasteiger partial charge in [0.05, 0.1) is 0 Å². The normalized spacial score (nSPS) is 10.7. The maximum absolute atomic E-state index is 12.0. The first-order chi connectivity index (χ1) is 8.40. The van der Waals surface area contributed by atoms with Gasteiger partial charge in [-0.05, 0) is 42.3 Å². The van der Waals surface area contributed by atoms with Crippen LogP contribution in [0.1, 0.15) is 25.1 Å². The highest BCUT2D eigenvalue weighted by atomic mass is 79.9. The molecule has 1 aromatic rings. The Morgan fingerprint density at radius 1 is 1.50 bits per heavy atom. The number of carboxylic acid groups (broad SMARTS) is 1. The molecule has 0 fully saturated rings. The topological polar surface area (TPSA) is 57.6 Å². The fraction of sp³-hybridized carbons (Fsp3) is 0.500. The summed E-state index contributed by atoms with van der Waals surface area (Å²) in [4.78, 5) is 25.2. The second kappa shape index (κ2) is 6.89. The average molecular weight is 334 g/mol. The Hall–Kier alpha value is -0.880. The fourth-order valence-corrected chi connectivity index (χ4v) is 3.02. The zero-order valence-electron chi connectivity index (χ0n) is 10.4. The van der Waals surface area contributed by atoms with E-state index in [0.29, 0.717) is 12.8 Å². The van der Waals surface area contributed by atoms with Gasteiger partial charge in [-0.2, -0.15) is 0 Å². The molecule has 0 bridgehead atoms. The van der Waals surface area contributed by atoms with E-state index in [-0.39, 0.29) is 18.5 Å². The standard InChI is InChI=1S/C12H16BrNO3S/c1-8(2)14(6-12(16)17)11(15)4-3-10-5-9(13)7-18-10/h5,7-8H,3-4,6H2,1-2H3,(H,16,17). The number of rotatable bonds is 6. The summed E-state index contributed by atoms with van der Waals surface area (Å²) in [5.41, 5.74) is 0. The van der Waals surface area contributed by atoms with Gasteiger partial charge in [0.1, 0.15) is 6.54 Å². The van der Waals surface area contributed by atoms with Crippen LogP contribution in [0.3, 0.4) is 0 Å². The Bertz CT molecular complexity index is 431. The van der Waals surface area contributed by atoms with Crippen molar-refractivity contribution < 1.29 is 14.7 Å². The van der Waals surface area contributed by atoms with Gasteiger partial charge in [0.15, 0.2) is 0 Å². The summed E-state index contributed by atoms with van der Waals surface area (Å²) in [7, 11) is 0. The number of aryl methyl sites for hydroxylation is 1. The maximum atomic E-state index is 12.0. The zero-order chi connectivity index (χ0) is 13.7. The Morgan fingerprint density at radius 3 is 2.61 bits per heavy atom. The molecular weight excluding hydrogens is 318 g/mol. The lowest BCUT2D eigenvalue weighted by Crippen LogP contribution is -2.40. The highest BCUT2D eigenvalue weighted by Crippen LogP contribution is 2.21. The van der Waals surface area contributed by atoms with E-state index in [2.05, 4.69) is 15.9 Å². The van der Waals surface area contributed by atoms with E-state index in [1.807, 2.05) is 25.3 Å². The van der Waals surface area contributed by atoms with E-state index < -0.39 is 5.97 Å². The molecule has 0 saturated heterocycles. The van der Waals surface area contributed by atoms with Crippen LogP contribution >= 0.6 is 27.3 Å². The van der Waals surface area contributed by atoms with Crippen molar-refractivity contribution in [3.8, 4) is 0 Å². The molecule has 0 radical (unpaired) electrons. The third kappa shape index (κ3) is 4.78. The molecule has 0 saturated carbocycles. The lowest BCUT2D eigenvalue weighted by atomic mass is 10.2. The van der Waals surface area contributed by atoms with Crippen LogP contribution in [-0.4, -0.2) is 34.5 Å². The number of hydrogen-bond acceptors (Lipinski definition) is 3. The third-order valence-electron chi connectivity index (χ3n) is 2.46.